The first-order chi connectivity index (χ1) is 12.6. The number of anilines is 2. The number of aryl methyl sites for hydroxylation is 2. The van der Waals surface area contributed by atoms with E-state index >= 15 is 0 Å². The fraction of sp³-hybridized carbons (Fsp3) is 0.350. The maximum Gasteiger partial charge on any atom is 0.247 e. The van der Waals surface area contributed by atoms with Gasteiger partial charge in [0.1, 0.15) is 11.8 Å². The van der Waals surface area contributed by atoms with Crippen LogP contribution in [0.2, 0.25) is 0 Å². The Balaban J connectivity index is 2.31. The lowest BCUT2D eigenvalue weighted by Crippen LogP contribution is -2.45. The van der Waals surface area contributed by atoms with Gasteiger partial charge in [0.15, 0.2) is 0 Å². The molecule has 0 saturated carbocycles. The lowest BCUT2D eigenvalue weighted by molar-refractivity contribution is -0.116. The van der Waals surface area contributed by atoms with E-state index in [1.54, 1.807) is 43.3 Å². The third-order valence-electron chi connectivity index (χ3n) is 3.96. The summed E-state index contributed by atoms with van der Waals surface area (Å²) in [6.07, 6.45) is 1.10. The lowest BCUT2D eigenvalue weighted by Gasteiger charge is -2.28. The van der Waals surface area contributed by atoms with E-state index in [1.165, 1.54) is 0 Å². The number of amides is 1. The van der Waals surface area contributed by atoms with Gasteiger partial charge < -0.3 is 10.1 Å². The molecule has 146 valence electrons. The standard InChI is InChI=1S/C20H26N2O4S/c1-6-26-19-9-7-8-17(13-19)21-20(23)16(4)22(27(5,24)25)18-11-14(2)10-15(3)12-18/h7-13,16H,6H2,1-5H3,(H,21,23). The molecule has 0 aliphatic rings. The van der Waals surface area contributed by atoms with E-state index < -0.39 is 22.0 Å². The average Bonchev–Trinajstić information content (AvgIpc) is 2.53. The molecule has 2 rings (SSSR count). The first kappa shape index (κ1) is 20.8. The number of rotatable bonds is 7. The highest BCUT2D eigenvalue weighted by molar-refractivity contribution is 7.92. The molecule has 1 N–H and O–H groups in total. The van der Waals surface area contributed by atoms with Gasteiger partial charge in [-0.15, -0.1) is 0 Å². The Bertz CT molecular complexity index is 905. The maximum absolute atomic E-state index is 12.8. The van der Waals surface area contributed by atoms with Crippen molar-refractivity contribution in [3.8, 4) is 5.75 Å². The van der Waals surface area contributed by atoms with Crippen molar-refractivity contribution in [2.75, 3.05) is 22.5 Å². The van der Waals surface area contributed by atoms with Crippen LogP contribution >= 0.6 is 0 Å². The molecular weight excluding hydrogens is 364 g/mol. The summed E-state index contributed by atoms with van der Waals surface area (Å²) in [5, 5.41) is 2.77. The van der Waals surface area contributed by atoms with Gasteiger partial charge >= 0.3 is 0 Å². The molecule has 0 bridgehead atoms. The van der Waals surface area contributed by atoms with Gasteiger partial charge in [-0.25, -0.2) is 8.42 Å². The van der Waals surface area contributed by atoms with Crippen molar-refractivity contribution in [1.29, 1.82) is 0 Å². The van der Waals surface area contributed by atoms with Gasteiger partial charge in [0.25, 0.3) is 0 Å². The smallest absolute Gasteiger partial charge is 0.247 e. The van der Waals surface area contributed by atoms with Crippen LogP contribution in [0.5, 0.6) is 5.75 Å². The van der Waals surface area contributed by atoms with Gasteiger partial charge in [0.05, 0.1) is 18.6 Å². The number of carbonyl (C=O) groups is 1. The summed E-state index contributed by atoms with van der Waals surface area (Å²) in [6.45, 7) is 7.74. The van der Waals surface area contributed by atoms with Gasteiger partial charge in [-0.2, -0.15) is 0 Å². The maximum atomic E-state index is 12.8. The fourth-order valence-electron chi connectivity index (χ4n) is 2.96. The summed E-state index contributed by atoms with van der Waals surface area (Å²) in [6, 6.07) is 11.5. The van der Waals surface area contributed by atoms with E-state index in [-0.39, 0.29) is 0 Å². The van der Waals surface area contributed by atoms with Gasteiger partial charge in [0.2, 0.25) is 15.9 Å². The summed E-state index contributed by atoms with van der Waals surface area (Å²) in [5.41, 5.74) is 2.87. The van der Waals surface area contributed by atoms with Crippen LogP contribution in [-0.2, 0) is 14.8 Å². The predicted molar refractivity (Wildman–Crippen MR) is 109 cm³/mol. The molecule has 2 aromatic rings. The van der Waals surface area contributed by atoms with Gasteiger partial charge in [-0.05, 0) is 63.1 Å². The fourth-order valence-corrected chi connectivity index (χ4v) is 4.12. The number of ether oxygens (including phenoxy) is 1. The molecule has 0 fully saturated rings. The Labute approximate surface area is 161 Å². The molecule has 2 aromatic carbocycles. The van der Waals surface area contributed by atoms with Crippen molar-refractivity contribution in [3.63, 3.8) is 0 Å². The van der Waals surface area contributed by atoms with E-state index in [0.717, 1.165) is 21.7 Å². The lowest BCUT2D eigenvalue weighted by atomic mass is 10.1. The first-order valence-corrected chi connectivity index (χ1v) is 10.6. The minimum Gasteiger partial charge on any atom is -0.494 e. The molecule has 0 heterocycles. The summed E-state index contributed by atoms with van der Waals surface area (Å²) in [7, 11) is -3.66. The number of nitrogens with one attached hydrogen (secondary N) is 1. The molecule has 0 spiro atoms. The second kappa shape index (κ2) is 8.43. The SMILES string of the molecule is CCOc1cccc(NC(=O)C(C)N(c2cc(C)cc(C)c2)S(C)(=O)=O)c1. The number of benzene rings is 2. The molecule has 1 unspecified atom stereocenters. The van der Waals surface area contributed by atoms with Crippen LogP contribution in [0.1, 0.15) is 25.0 Å². The summed E-state index contributed by atoms with van der Waals surface area (Å²) in [4.78, 5) is 12.8. The van der Waals surface area contributed by atoms with Gasteiger partial charge in [-0.1, -0.05) is 12.1 Å². The second-order valence-corrected chi connectivity index (χ2v) is 8.39. The number of hydrogen-bond acceptors (Lipinski definition) is 4. The number of sulfonamides is 1. The van der Waals surface area contributed by atoms with Gasteiger partial charge in [-0.3, -0.25) is 9.10 Å². The van der Waals surface area contributed by atoms with Crippen molar-refractivity contribution in [3.05, 3.63) is 53.6 Å². The van der Waals surface area contributed by atoms with E-state index in [4.69, 9.17) is 4.74 Å². The predicted octanol–water partition coefficient (Wildman–Crippen LogP) is 3.50. The largest absolute Gasteiger partial charge is 0.494 e. The van der Waals surface area contributed by atoms with Crippen LogP contribution in [0.4, 0.5) is 11.4 Å². The minimum absolute atomic E-state index is 0.423. The molecule has 0 saturated heterocycles. The molecule has 0 aliphatic carbocycles. The van der Waals surface area contributed by atoms with E-state index in [9.17, 15) is 13.2 Å². The topological polar surface area (TPSA) is 75.7 Å². The van der Waals surface area contributed by atoms with Crippen LogP contribution in [0.15, 0.2) is 42.5 Å². The molecule has 0 radical (unpaired) electrons. The molecule has 27 heavy (non-hydrogen) atoms. The Kier molecular flexibility index (Phi) is 6.49. The quantitative estimate of drug-likeness (QED) is 0.785. The van der Waals surface area contributed by atoms with Crippen molar-refractivity contribution < 1.29 is 17.9 Å². The monoisotopic (exact) mass is 390 g/mol. The van der Waals surface area contributed by atoms with Crippen LogP contribution in [0.3, 0.4) is 0 Å². The number of hydrogen-bond donors (Lipinski definition) is 1. The summed E-state index contributed by atoms with van der Waals surface area (Å²) < 4.78 is 31.4. The van der Waals surface area contributed by atoms with Crippen LogP contribution < -0.4 is 14.4 Å². The van der Waals surface area contributed by atoms with Gasteiger partial charge in [0, 0.05) is 11.8 Å². The molecule has 7 heteroatoms. The summed E-state index contributed by atoms with van der Waals surface area (Å²) >= 11 is 0. The molecule has 6 nitrogen and oxygen atoms in total. The second-order valence-electron chi connectivity index (χ2n) is 6.53. The van der Waals surface area contributed by atoms with Crippen molar-refractivity contribution in [1.82, 2.24) is 0 Å². The molecule has 1 amide bonds. The van der Waals surface area contributed by atoms with E-state index in [2.05, 4.69) is 5.32 Å². The Morgan fingerprint density at radius 1 is 1.15 bits per heavy atom. The minimum atomic E-state index is -3.66. The highest BCUT2D eigenvalue weighted by Gasteiger charge is 2.29. The zero-order valence-corrected chi connectivity index (χ0v) is 17.1. The van der Waals surface area contributed by atoms with E-state index in [1.807, 2.05) is 26.8 Å². The Morgan fingerprint density at radius 2 is 1.78 bits per heavy atom. The third kappa shape index (κ3) is 5.47. The van der Waals surface area contributed by atoms with Crippen LogP contribution in [-0.4, -0.2) is 33.2 Å². The van der Waals surface area contributed by atoms with Crippen LogP contribution in [0, 0.1) is 13.8 Å². The average molecular weight is 391 g/mol. The first-order valence-electron chi connectivity index (χ1n) is 8.73. The molecule has 0 aromatic heterocycles. The highest BCUT2D eigenvalue weighted by atomic mass is 32.2. The zero-order valence-electron chi connectivity index (χ0n) is 16.3. The Hall–Kier alpha value is -2.54. The molecule has 1 atom stereocenters. The molecular formula is C20H26N2O4S. The third-order valence-corrected chi connectivity index (χ3v) is 5.20. The Morgan fingerprint density at radius 3 is 2.33 bits per heavy atom. The van der Waals surface area contributed by atoms with Crippen molar-refractivity contribution in [2.45, 2.75) is 33.7 Å². The molecule has 0 aliphatic heterocycles. The number of carbonyl (C=O) groups excluding carboxylic acids is 1. The zero-order chi connectivity index (χ0) is 20.2. The number of nitrogens with zero attached hydrogens (tertiary/aromatic N) is 1. The van der Waals surface area contributed by atoms with Crippen molar-refractivity contribution in [2.24, 2.45) is 0 Å². The van der Waals surface area contributed by atoms with Crippen molar-refractivity contribution >= 4 is 27.3 Å². The highest BCUT2D eigenvalue weighted by Crippen LogP contribution is 2.25. The summed E-state index contributed by atoms with van der Waals surface area (Å²) in [5.74, 6) is 0.213. The van der Waals surface area contributed by atoms with Crippen LogP contribution in [0.25, 0.3) is 0 Å². The van der Waals surface area contributed by atoms with E-state index in [0.29, 0.717) is 23.7 Å². The normalized spacial score (nSPS) is 12.3.